The summed E-state index contributed by atoms with van der Waals surface area (Å²) in [5.74, 6) is 1.28. The van der Waals surface area contributed by atoms with Crippen LogP contribution in [0, 0.1) is 24.0 Å². The number of hydrogen-bond acceptors (Lipinski definition) is 7. The fraction of sp³-hybridized carbons (Fsp3) is 0.333. The summed E-state index contributed by atoms with van der Waals surface area (Å²) in [6, 6.07) is 0. The number of anilines is 1. The Morgan fingerprint density at radius 1 is 1.39 bits per heavy atom. The second-order valence-corrected chi connectivity index (χ2v) is 3.52. The minimum atomic E-state index is -0.544. The zero-order valence-electron chi connectivity index (χ0n) is 10.1. The first-order chi connectivity index (χ1) is 8.54. The molecule has 94 valence electrons. The normalized spacial score (nSPS) is 10.4. The van der Waals surface area contributed by atoms with Gasteiger partial charge < -0.3 is 5.32 Å². The van der Waals surface area contributed by atoms with Crippen molar-refractivity contribution >= 4 is 11.5 Å². The number of aromatic nitrogens is 5. The fourth-order valence-corrected chi connectivity index (χ4v) is 1.60. The van der Waals surface area contributed by atoms with Crippen molar-refractivity contribution in [3.05, 3.63) is 28.1 Å². The lowest BCUT2D eigenvalue weighted by Gasteiger charge is -2.05. The summed E-state index contributed by atoms with van der Waals surface area (Å²) in [7, 11) is 1.55. The molecule has 0 atom stereocenters. The molecule has 0 saturated heterocycles. The van der Waals surface area contributed by atoms with E-state index in [9.17, 15) is 10.1 Å². The maximum atomic E-state index is 11.1. The monoisotopic (exact) mass is 249 g/mol. The molecular formula is C9H11N7O2. The number of hydrogen-bond donors (Lipinski definition) is 1. The first-order valence-electron chi connectivity index (χ1n) is 5.12. The summed E-state index contributed by atoms with van der Waals surface area (Å²) < 4.78 is 1.33. The lowest BCUT2D eigenvalue weighted by atomic mass is 10.4. The van der Waals surface area contributed by atoms with Crippen molar-refractivity contribution in [3.8, 4) is 5.82 Å². The van der Waals surface area contributed by atoms with Crippen LogP contribution in [-0.2, 0) is 0 Å². The Hall–Kier alpha value is -2.58. The molecule has 0 unspecified atom stereocenters. The molecule has 0 spiro atoms. The van der Waals surface area contributed by atoms with Crippen molar-refractivity contribution in [2.75, 3.05) is 12.4 Å². The van der Waals surface area contributed by atoms with Crippen molar-refractivity contribution in [1.29, 1.82) is 0 Å². The van der Waals surface area contributed by atoms with E-state index in [1.807, 2.05) is 0 Å². The molecule has 2 aromatic heterocycles. The molecule has 0 fully saturated rings. The smallest absolute Gasteiger partial charge is 0.355 e. The Balaban J connectivity index is 2.71. The number of nitrogens with zero attached hydrogens (tertiary/aromatic N) is 6. The van der Waals surface area contributed by atoms with Gasteiger partial charge in [-0.1, -0.05) is 0 Å². The first-order valence-corrected chi connectivity index (χ1v) is 5.12. The Kier molecular flexibility index (Phi) is 2.88. The van der Waals surface area contributed by atoms with E-state index in [4.69, 9.17) is 0 Å². The van der Waals surface area contributed by atoms with Gasteiger partial charge >= 0.3 is 5.69 Å². The predicted octanol–water partition coefficient (Wildman–Crippen LogP) is 0.624. The van der Waals surface area contributed by atoms with Crippen LogP contribution >= 0.6 is 0 Å². The molecule has 9 nitrogen and oxygen atoms in total. The van der Waals surface area contributed by atoms with E-state index in [-0.39, 0.29) is 17.3 Å². The summed E-state index contributed by atoms with van der Waals surface area (Å²) in [5, 5.41) is 17.9. The van der Waals surface area contributed by atoms with Gasteiger partial charge in [-0.15, -0.1) is 5.10 Å². The molecular weight excluding hydrogens is 238 g/mol. The number of rotatable bonds is 3. The minimum absolute atomic E-state index is 0.0949. The number of nitro groups is 1. The van der Waals surface area contributed by atoms with Gasteiger partial charge in [0.15, 0.2) is 0 Å². The SMILES string of the molecule is CNc1ncnc(-n2nc(C)nc2C)c1[N+](=O)[O-]. The van der Waals surface area contributed by atoms with Crippen LogP contribution < -0.4 is 5.32 Å². The Morgan fingerprint density at radius 3 is 2.61 bits per heavy atom. The van der Waals surface area contributed by atoms with Crippen LogP contribution in [0.15, 0.2) is 6.33 Å². The Bertz CT molecular complexity index is 607. The molecule has 1 N–H and O–H groups in total. The molecule has 2 heterocycles. The molecule has 9 heteroatoms. The molecule has 0 radical (unpaired) electrons. The molecule has 18 heavy (non-hydrogen) atoms. The average Bonchev–Trinajstić information content (AvgIpc) is 2.67. The third kappa shape index (κ3) is 1.85. The van der Waals surface area contributed by atoms with Crippen molar-refractivity contribution in [2.24, 2.45) is 0 Å². The van der Waals surface area contributed by atoms with Crippen LogP contribution in [0.4, 0.5) is 11.5 Å². The standard InChI is InChI=1S/C9H11N7O2/c1-5-13-6(2)15(14-5)9-7(16(17)18)8(10-3)11-4-12-9/h4H,1-3H3,(H,10,11,12). The first kappa shape index (κ1) is 11.9. The van der Waals surface area contributed by atoms with Gasteiger partial charge in [-0.2, -0.15) is 4.68 Å². The summed E-state index contributed by atoms with van der Waals surface area (Å²) in [4.78, 5) is 22.4. The second kappa shape index (κ2) is 4.35. The highest BCUT2D eigenvalue weighted by Crippen LogP contribution is 2.27. The molecule has 0 aromatic carbocycles. The van der Waals surface area contributed by atoms with Gasteiger partial charge in [-0.05, 0) is 13.8 Å². The maximum Gasteiger partial charge on any atom is 0.355 e. The highest BCUT2D eigenvalue weighted by molar-refractivity contribution is 5.63. The van der Waals surface area contributed by atoms with E-state index in [2.05, 4.69) is 25.4 Å². The molecule has 0 saturated carbocycles. The van der Waals surface area contributed by atoms with Crippen molar-refractivity contribution < 1.29 is 4.92 Å². The zero-order chi connectivity index (χ0) is 13.3. The van der Waals surface area contributed by atoms with Crippen molar-refractivity contribution in [1.82, 2.24) is 24.7 Å². The Labute approximate surface area is 102 Å². The van der Waals surface area contributed by atoms with Gasteiger partial charge in [-0.3, -0.25) is 10.1 Å². The van der Waals surface area contributed by atoms with Gasteiger partial charge in [0.25, 0.3) is 0 Å². The maximum absolute atomic E-state index is 11.1. The summed E-state index contributed by atoms with van der Waals surface area (Å²) in [6.45, 7) is 3.40. The predicted molar refractivity (Wildman–Crippen MR) is 62.6 cm³/mol. The van der Waals surface area contributed by atoms with Crippen LogP contribution in [-0.4, -0.2) is 36.7 Å². The van der Waals surface area contributed by atoms with Crippen molar-refractivity contribution in [3.63, 3.8) is 0 Å². The van der Waals surface area contributed by atoms with Gasteiger partial charge in [0, 0.05) is 7.05 Å². The Morgan fingerprint density at radius 2 is 2.11 bits per heavy atom. The topological polar surface area (TPSA) is 112 Å². The van der Waals surface area contributed by atoms with Crippen LogP contribution in [0.3, 0.4) is 0 Å². The number of aryl methyl sites for hydroxylation is 2. The lowest BCUT2D eigenvalue weighted by molar-refractivity contribution is -0.384. The molecule has 0 aliphatic heterocycles. The highest BCUT2D eigenvalue weighted by atomic mass is 16.6. The quantitative estimate of drug-likeness (QED) is 0.626. The molecule has 0 amide bonds. The lowest BCUT2D eigenvalue weighted by Crippen LogP contribution is -2.09. The van der Waals surface area contributed by atoms with Crippen LogP contribution in [0.2, 0.25) is 0 Å². The van der Waals surface area contributed by atoms with E-state index in [0.29, 0.717) is 11.6 Å². The van der Waals surface area contributed by atoms with E-state index in [1.165, 1.54) is 11.0 Å². The fourth-order valence-electron chi connectivity index (χ4n) is 1.60. The van der Waals surface area contributed by atoms with Crippen LogP contribution in [0.5, 0.6) is 0 Å². The molecule has 0 aliphatic carbocycles. The third-order valence-electron chi connectivity index (χ3n) is 2.30. The van der Waals surface area contributed by atoms with E-state index in [1.54, 1.807) is 20.9 Å². The van der Waals surface area contributed by atoms with Crippen LogP contribution in [0.1, 0.15) is 11.6 Å². The summed E-state index contributed by atoms with van der Waals surface area (Å²) >= 11 is 0. The van der Waals surface area contributed by atoms with Gasteiger partial charge in [0.1, 0.15) is 18.0 Å². The van der Waals surface area contributed by atoms with Crippen LogP contribution in [0.25, 0.3) is 5.82 Å². The van der Waals surface area contributed by atoms with Gasteiger partial charge in [0.05, 0.1) is 4.92 Å². The number of nitrogens with one attached hydrogen (secondary N) is 1. The van der Waals surface area contributed by atoms with E-state index < -0.39 is 4.92 Å². The van der Waals surface area contributed by atoms with E-state index >= 15 is 0 Å². The molecule has 0 aliphatic rings. The zero-order valence-corrected chi connectivity index (χ0v) is 10.1. The largest absolute Gasteiger partial charge is 0.367 e. The average molecular weight is 249 g/mol. The molecule has 2 aromatic rings. The third-order valence-corrected chi connectivity index (χ3v) is 2.30. The summed E-state index contributed by atoms with van der Waals surface area (Å²) in [6.07, 6.45) is 1.24. The second-order valence-electron chi connectivity index (χ2n) is 3.52. The van der Waals surface area contributed by atoms with Gasteiger partial charge in [-0.25, -0.2) is 15.0 Å². The molecule has 2 rings (SSSR count). The van der Waals surface area contributed by atoms with E-state index in [0.717, 1.165) is 0 Å². The molecule has 0 bridgehead atoms. The summed E-state index contributed by atoms with van der Waals surface area (Å²) in [5.41, 5.74) is -0.229. The minimum Gasteiger partial charge on any atom is -0.367 e. The van der Waals surface area contributed by atoms with Gasteiger partial charge in [0.2, 0.25) is 11.6 Å². The van der Waals surface area contributed by atoms with Crippen molar-refractivity contribution in [2.45, 2.75) is 13.8 Å². The highest BCUT2D eigenvalue weighted by Gasteiger charge is 2.25.